The molecule has 10 nitrogen and oxygen atoms in total. The molecule has 4 rings (SSSR count). The van der Waals surface area contributed by atoms with Crippen LogP contribution in [0.3, 0.4) is 0 Å². The second kappa shape index (κ2) is 16.4. The van der Waals surface area contributed by atoms with Gasteiger partial charge in [-0.2, -0.15) is 0 Å². The number of alkyl carbamates (subject to hydrolysis) is 1. The number of carbonyl (C=O) groups excluding carboxylic acids is 2. The van der Waals surface area contributed by atoms with Crippen molar-refractivity contribution in [3.05, 3.63) is 53.6 Å². The number of rotatable bonds is 14. The largest absolute Gasteiger partial charge is 0.493 e. The second-order valence-corrected chi connectivity index (χ2v) is 11.5. The van der Waals surface area contributed by atoms with Gasteiger partial charge in [-0.3, -0.25) is 4.79 Å². The fourth-order valence-corrected chi connectivity index (χ4v) is 5.73. The monoisotopic (exact) mass is 596 g/mol. The van der Waals surface area contributed by atoms with Crippen molar-refractivity contribution in [2.24, 2.45) is 5.92 Å². The van der Waals surface area contributed by atoms with Crippen LogP contribution in [0.25, 0.3) is 0 Å². The highest BCUT2D eigenvalue weighted by Gasteiger charge is 2.34. The van der Waals surface area contributed by atoms with Crippen LogP contribution < -0.4 is 25.0 Å². The average Bonchev–Trinajstić information content (AvgIpc) is 3.47. The molecule has 0 unspecified atom stereocenters. The van der Waals surface area contributed by atoms with Crippen molar-refractivity contribution in [2.45, 2.75) is 58.2 Å². The van der Waals surface area contributed by atoms with Crippen LogP contribution in [0.15, 0.2) is 42.5 Å². The Kier molecular flexibility index (Phi) is 12.3. The fraction of sp³-hybridized carbons (Fsp3) is 0.576. The van der Waals surface area contributed by atoms with Crippen LogP contribution in [-0.4, -0.2) is 89.2 Å². The molecule has 0 saturated carbocycles. The topological polar surface area (TPSA) is 102 Å². The van der Waals surface area contributed by atoms with Gasteiger partial charge in [-0.25, -0.2) is 4.79 Å². The van der Waals surface area contributed by atoms with E-state index < -0.39 is 6.09 Å². The quantitative estimate of drug-likeness (QED) is 0.308. The lowest BCUT2D eigenvalue weighted by atomic mass is 10.0. The van der Waals surface area contributed by atoms with Crippen molar-refractivity contribution < 1.29 is 28.5 Å². The molecular weight excluding hydrogens is 548 g/mol. The molecule has 2 aromatic rings. The van der Waals surface area contributed by atoms with Gasteiger partial charge in [0.15, 0.2) is 11.5 Å². The molecule has 2 aliphatic rings. The number of carbonyl (C=O) groups is 2. The van der Waals surface area contributed by atoms with E-state index in [0.717, 1.165) is 25.1 Å². The van der Waals surface area contributed by atoms with E-state index in [0.29, 0.717) is 56.5 Å². The van der Waals surface area contributed by atoms with Crippen LogP contribution in [-0.2, 0) is 16.0 Å². The second-order valence-electron chi connectivity index (χ2n) is 11.5. The Labute approximate surface area is 256 Å². The van der Waals surface area contributed by atoms with E-state index in [9.17, 15) is 9.59 Å². The number of ether oxygens (including phenoxy) is 4. The van der Waals surface area contributed by atoms with E-state index in [-0.39, 0.29) is 24.0 Å². The van der Waals surface area contributed by atoms with Crippen molar-refractivity contribution in [1.82, 2.24) is 15.5 Å². The molecule has 43 heavy (non-hydrogen) atoms. The summed E-state index contributed by atoms with van der Waals surface area (Å²) in [7, 11) is 3.23. The van der Waals surface area contributed by atoms with Gasteiger partial charge < -0.3 is 39.4 Å². The summed E-state index contributed by atoms with van der Waals surface area (Å²) < 4.78 is 22.3. The maximum atomic E-state index is 13.7. The van der Waals surface area contributed by atoms with Crippen molar-refractivity contribution in [2.75, 3.05) is 65.1 Å². The zero-order valence-corrected chi connectivity index (χ0v) is 26.1. The first-order chi connectivity index (χ1) is 20.9. The Bertz CT molecular complexity index is 1190. The van der Waals surface area contributed by atoms with Gasteiger partial charge in [0.25, 0.3) is 5.91 Å². The van der Waals surface area contributed by atoms with E-state index >= 15 is 0 Å². The Morgan fingerprint density at radius 3 is 2.56 bits per heavy atom. The normalized spacial score (nSPS) is 18.4. The number of benzene rings is 2. The van der Waals surface area contributed by atoms with Gasteiger partial charge in [0, 0.05) is 82.6 Å². The van der Waals surface area contributed by atoms with Gasteiger partial charge in [-0.1, -0.05) is 18.2 Å². The van der Waals surface area contributed by atoms with Crippen LogP contribution in [0.5, 0.6) is 11.5 Å². The molecule has 2 N–H and O–H groups in total. The number of hydrogen-bond donors (Lipinski definition) is 2. The summed E-state index contributed by atoms with van der Waals surface area (Å²) in [6.45, 7) is 9.17. The first kappa shape index (κ1) is 32.4. The van der Waals surface area contributed by atoms with Crippen LogP contribution in [0.1, 0.15) is 55.5 Å². The number of piperidine rings is 1. The number of nitrogens with one attached hydrogen (secondary N) is 2. The van der Waals surface area contributed by atoms with Crippen LogP contribution in [0.4, 0.5) is 10.5 Å². The molecule has 2 atom stereocenters. The van der Waals surface area contributed by atoms with E-state index in [4.69, 9.17) is 18.9 Å². The summed E-state index contributed by atoms with van der Waals surface area (Å²) in [6, 6.07) is 13.4. The molecule has 10 heteroatoms. The highest BCUT2D eigenvalue weighted by atomic mass is 16.6. The summed E-state index contributed by atoms with van der Waals surface area (Å²) in [6.07, 6.45) is 3.59. The predicted molar refractivity (Wildman–Crippen MR) is 167 cm³/mol. The minimum atomic E-state index is -0.444. The van der Waals surface area contributed by atoms with Crippen LogP contribution >= 0.6 is 0 Å². The van der Waals surface area contributed by atoms with Gasteiger partial charge in [-0.15, -0.1) is 0 Å². The molecule has 0 aromatic heterocycles. The van der Waals surface area contributed by atoms with Gasteiger partial charge in [-0.05, 0) is 62.9 Å². The molecule has 2 aromatic carbocycles. The minimum Gasteiger partial charge on any atom is -0.493 e. The van der Waals surface area contributed by atoms with E-state index in [1.54, 1.807) is 32.4 Å². The average molecular weight is 597 g/mol. The van der Waals surface area contributed by atoms with Crippen molar-refractivity contribution in [3.8, 4) is 11.5 Å². The Morgan fingerprint density at radius 1 is 1.02 bits per heavy atom. The smallest absolute Gasteiger partial charge is 0.407 e. The third kappa shape index (κ3) is 9.00. The maximum absolute atomic E-state index is 13.7. The van der Waals surface area contributed by atoms with Crippen molar-refractivity contribution in [3.63, 3.8) is 0 Å². The standard InChI is InChI=1S/C33H48N4O6/c1-24(2)37(32(38)25-13-14-29(41-4)30(19-25)42-18-10-17-40-3)23-27-20-34-22-31(27)43-33(39)35-21-26-11-6-7-12-28(26)36-15-8-5-9-16-36/h6-7,11-14,19,24,27,31,34H,5,8-10,15-18,20-23H2,1-4H3,(H,35,39)/t27-,31+/m0/s1. The summed E-state index contributed by atoms with van der Waals surface area (Å²) >= 11 is 0. The maximum Gasteiger partial charge on any atom is 0.407 e. The Hall–Kier alpha value is -3.50. The first-order valence-corrected chi connectivity index (χ1v) is 15.5. The molecule has 2 aliphatic heterocycles. The molecule has 0 aliphatic carbocycles. The van der Waals surface area contributed by atoms with Gasteiger partial charge >= 0.3 is 6.09 Å². The number of nitrogens with zero attached hydrogens (tertiary/aromatic N) is 2. The van der Waals surface area contributed by atoms with E-state index in [1.165, 1.54) is 24.9 Å². The predicted octanol–water partition coefficient (Wildman–Crippen LogP) is 4.47. The van der Waals surface area contributed by atoms with E-state index in [1.807, 2.05) is 30.9 Å². The highest BCUT2D eigenvalue weighted by molar-refractivity contribution is 5.95. The molecule has 0 radical (unpaired) electrons. The first-order valence-electron chi connectivity index (χ1n) is 15.5. The third-order valence-corrected chi connectivity index (χ3v) is 8.12. The van der Waals surface area contributed by atoms with Gasteiger partial charge in [0.1, 0.15) is 6.10 Å². The SMILES string of the molecule is COCCCOc1cc(C(=O)N(C[C@@H]2CNC[C@H]2OC(=O)NCc2ccccc2N2CCCCC2)C(C)C)ccc1OC. The van der Waals surface area contributed by atoms with Crippen LogP contribution in [0, 0.1) is 5.92 Å². The lowest BCUT2D eigenvalue weighted by Gasteiger charge is -2.31. The molecular formula is C33H48N4O6. The van der Waals surface area contributed by atoms with E-state index in [2.05, 4.69) is 27.7 Å². The highest BCUT2D eigenvalue weighted by Crippen LogP contribution is 2.30. The number of hydrogen-bond acceptors (Lipinski definition) is 8. The third-order valence-electron chi connectivity index (χ3n) is 8.12. The number of amides is 2. The number of para-hydroxylation sites is 1. The molecule has 2 fully saturated rings. The molecule has 236 valence electrons. The molecule has 2 saturated heterocycles. The zero-order valence-electron chi connectivity index (χ0n) is 26.1. The number of anilines is 1. The lowest BCUT2D eigenvalue weighted by molar-refractivity contribution is 0.0521. The number of methoxy groups -OCH3 is 2. The fourth-order valence-electron chi connectivity index (χ4n) is 5.73. The summed E-state index contributed by atoms with van der Waals surface area (Å²) in [5, 5.41) is 6.30. The Balaban J connectivity index is 1.36. The molecule has 0 bridgehead atoms. The minimum absolute atomic E-state index is 0.0410. The summed E-state index contributed by atoms with van der Waals surface area (Å²) in [5.74, 6) is 0.947. The molecule has 0 spiro atoms. The zero-order chi connectivity index (χ0) is 30.6. The van der Waals surface area contributed by atoms with Crippen molar-refractivity contribution >= 4 is 17.7 Å². The summed E-state index contributed by atoms with van der Waals surface area (Å²) in [5.41, 5.74) is 2.78. The Morgan fingerprint density at radius 2 is 1.81 bits per heavy atom. The van der Waals surface area contributed by atoms with Gasteiger partial charge in [0.05, 0.1) is 13.7 Å². The van der Waals surface area contributed by atoms with Crippen molar-refractivity contribution in [1.29, 1.82) is 0 Å². The van der Waals surface area contributed by atoms with Crippen LogP contribution in [0.2, 0.25) is 0 Å². The van der Waals surface area contributed by atoms with Gasteiger partial charge in [0.2, 0.25) is 0 Å². The molecule has 2 amide bonds. The lowest BCUT2D eigenvalue weighted by Crippen LogP contribution is -2.44. The molecule has 2 heterocycles. The summed E-state index contributed by atoms with van der Waals surface area (Å²) in [4.78, 5) is 30.9.